The van der Waals surface area contributed by atoms with E-state index in [1.807, 2.05) is 0 Å². The van der Waals surface area contributed by atoms with E-state index in [0.717, 1.165) is 11.8 Å². The summed E-state index contributed by atoms with van der Waals surface area (Å²) in [5, 5.41) is 19.8. The summed E-state index contributed by atoms with van der Waals surface area (Å²) in [5.41, 5.74) is 1.76. The Labute approximate surface area is 124 Å². The molecule has 1 N–H and O–H groups in total. The summed E-state index contributed by atoms with van der Waals surface area (Å²) in [6, 6.07) is 7.81. The maximum Gasteiger partial charge on any atom is 0.313 e. The van der Waals surface area contributed by atoms with Crippen molar-refractivity contribution >= 4 is 23.4 Å². The molecule has 7 nitrogen and oxygen atoms in total. The first-order chi connectivity index (χ1) is 9.95. The Morgan fingerprint density at radius 3 is 2.81 bits per heavy atom. The third kappa shape index (κ3) is 3.99. The number of nitrogens with zero attached hydrogens (tertiary/aromatic N) is 3. The first-order valence-corrected chi connectivity index (χ1v) is 6.89. The SMILES string of the molecule is Cc1cc(-c2cccc([N+](=O)[O-])c2)nc(SCC(=O)O)n1. The molecular weight excluding hydrogens is 294 g/mol. The lowest BCUT2D eigenvalue weighted by Gasteiger charge is -2.05. The monoisotopic (exact) mass is 305 g/mol. The number of nitro benzene ring substituents is 1. The van der Waals surface area contributed by atoms with Crippen LogP contribution in [-0.4, -0.2) is 31.7 Å². The Hall–Kier alpha value is -2.48. The Balaban J connectivity index is 2.37. The topological polar surface area (TPSA) is 106 Å². The van der Waals surface area contributed by atoms with E-state index < -0.39 is 10.9 Å². The number of hydrogen-bond donors (Lipinski definition) is 1. The fourth-order valence-corrected chi connectivity index (χ4v) is 2.28. The van der Waals surface area contributed by atoms with Crippen LogP contribution in [0.3, 0.4) is 0 Å². The lowest BCUT2D eigenvalue weighted by molar-refractivity contribution is -0.384. The number of non-ortho nitro benzene ring substituents is 1. The number of nitro groups is 1. The van der Waals surface area contributed by atoms with Crippen LogP contribution in [-0.2, 0) is 4.79 Å². The van der Waals surface area contributed by atoms with Crippen LogP contribution in [0, 0.1) is 17.0 Å². The van der Waals surface area contributed by atoms with Crippen LogP contribution in [0.2, 0.25) is 0 Å². The zero-order chi connectivity index (χ0) is 15.4. The number of aryl methyl sites for hydroxylation is 1. The van der Waals surface area contributed by atoms with E-state index in [-0.39, 0.29) is 11.4 Å². The Morgan fingerprint density at radius 1 is 1.38 bits per heavy atom. The van der Waals surface area contributed by atoms with E-state index in [1.165, 1.54) is 12.1 Å². The van der Waals surface area contributed by atoms with Crippen LogP contribution in [0.4, 0.5) is 5.69 Å². The molecule has 0 saturated heterocycles. The first-order valence-electron chi connectivity index (χ1n) is 5.91. The third-order valence-electron chi connectivity index (χ3n) is 2.51. The molecule has 0 aliphatic heterocycles. The van der Waals surface area contributed by atoms with Gasteiger partial charge in [-0.25, -0.2) is 9.97 Å². The van der Waals surface area contributed by atoms with Crippen LogP contribution in [0.25, 0.3) is 11.3 Å². The summed E-state index contributed by atoms with van der Waals surface area (Å²) in [6.07, 6.45) is 0. The van der Waals surface area contributed by atoms with Gasteiger partial charge in [0.1, 0.15) is 0 Å². The number of hydrogen-bond acceptors (Lipinski definition) is 6. The van der Waals surface area contributed by atoms with E-state index in [2.05, 4.69) is 9.97 Å². The number of carboxylic acid groups (broad SMARTS) is 1. The molecule has 0 radical (unpaired) electrons. The number of carboxylic acids is 1. The fourth-order valence-electron chi connectivity index (χ4n) is 1.66. The van der Waals surface area contributed by atoms with E-state index in [1.54, 1.807) is 25.1 Å². The van der Waals surface area contributed by atoms with Crippen LogP contribution in [0.1, 0.15) is 5.69 Å². The lowest BCUT2D eigenvalue weighted by Crippen LogP contribution is -2.00. The van der Waals surface area contributed by atoms with Crippen molar-refractivity contribution in [3.63, 3.8) is 0 Å². The van der Waals surface area contributed by atoms with Crippen LogP contribution in [0.15, 0.2) is 35.5 Å². The highest BCUT2D eigenvalue weighted by Gasteiger charge is 2.11. The van der Waals surface area contributed by atoms with Gasteiger partial charge in [0.15, 0.2) is 5.16 Å². The highest BCUT2D eigenvalue weighted by atomic mass is 32.2. The summed E-state index contributed by atoms with van der Waals surface area (Å²) in [6.45, 7) is 1.76. The standard InChI is InChI=1S/C13H11N3O4S/c1-8-5-11(15-13(14-8)21-7-12(17)18)9-3-2-4-10(6-9)16(19)20/h2-6H,7H2,1H3,(H,17,18). The maximum absolute atomic E-state index is 10.8. The van der Waals surface area contributed by atoms with Gasteiger partial charge in [0.05, 0.1) is 16.4 Å². The molecule has 2 aromatic rings. The molecule has 0 fully saturated rings. The number of aromatic nitrogens is 2. The molecule has 0 atom stereocenters. The van der Waals surface area contributed by atoms with Gasteiger partial charge in [0.25, 0.3) is 5.69 Å². The normalized spacial score (nSPS) is 10.3. The zero-order valence-electron chi connectivity index (χ0n) is 11.0. The average Bonchev–Trinajstić information content (AvgIpc) is 2.44. The molecule has 0 aliphatic carbocycles. The van der Waals surface area contributed by atoms with Crippen molar-refractivity contribution in [3.05, 3.63) is 46.1 Å². The molecular formula is C13H11N3O4S. The van der Waals surface area contributed by atoms with Gasteiger partial charge >= 0.3 is 5.97 Å². The zero-order valence-corrected chi connectivity index (χ0v) is 11.8. The van der Waals surface area contributed by atoms with Crippen LogP contribution in [0.5, 0.6) is 0 Å². The summed E-state index contributed by atoms with van der Waals surface area (Å²) < 4.78 is 0. The van der Waals surface area contributed by atoms with Crippen molar-refractivity contribution in [2.75, 3.05) is 5.75 Å². The second kappa shape index (κ2) is 6.31. The summed E-state index contributed by atoms with van der Waals surface area (Å²) in [7, 11) is 0. The highest BCUT2D eigenvalue weighted by Crippen LogP contribution is 2.24. The van der Waals surface area contributed by atoms with Gasteiger partial charge in [0.2, 0.25) is 0 Å². The smallest absolute Gasteiger partial charge is 0.313 e. The Bertz CT molecular complexity index is 706. The molecule has 0 amide bonds. The van der Waals surface area contributed by atoms with E-state index in [9.17, 15) is 14.9 Å². The van der Waals surface area contributed by atoms with Crippen molar-refractivity contribution in [1.82, 2.24) is 9.97 Å². The Kier molecular flexibility index (Phi) is 4.49. The van der Waals surface area contributed by atoms with Gasteiger partial charge < -0.3 is 5.11 Å². The van der Waals surface area contributed by atoms with E-state index in [4.69, 9.17) is 5.11 Å². The molecule has 0 unspecified atom stereocenters. The van der Waals surface area contributed by atoms with Gasteiger partial charge in [-0.2, -0.15) is 0 Å². The van der Waals surface area contributed by atoms with E-state index >= 15 is 0 Å². The molecule has 0 saturated carbocycles. The minimum Gasteiger partial charge on any atom is -0.481 e. The van der Waals surface area contributed by atoms with Crippen molar-refractivity contribution < 1.29 is 14.8 Å². The van der Waals surface area contributed by atoms with Crippen LogP contribution >= 0.6 is 11.8 Å². The summed E-state index contributed by atoms with van der Waals surface area (Å²) >= 11 is 1.01. The molecule has 1 aromatic heterocycles. The van der Waals surface area contributed by atoms with E-state index in [0.29, 0.717) is 22.1 Å². The minimum absolute atomic E-state index is 0.0245. The molecule has 0 spiro atoms. The van der Waals surface area contributed by atoms with Gasteiger partial charge in [-0.1, -0.05) is 23.9 Å². The molecule has 0 bridgehead atoms. The second-order valence-corrected chi connectivity index (χ2v) is 5.11. The van der Waals surface area contributed by atoms with Gasteiger partial charge in [-0.3, -0.25) is 14.9 Å². The third-order valence-corrected chi connectivity index (χ3v) is 3.34. The number of rotatable bonds is 5. The van der Waals surface area contributed by atoms with Gasteiger partial charge in [-0.05, 0) is 13.0 Å². The molecule has 108 valence electrons. The Morgan fingerprint density at radius 2 is 2.14 bits per heavy atom. The number of aliphatic carboxylic acids is 1. The summed E-state index contributed by atoms with van der Waals surface area (Å²) in [4.78, 5) is 29.3. The summed E-state index contributed by atoms with van der Waals surface area (Å²) in [5.74, 6) is -1.10. The first kappa shape index (κ1) is 14.9. The van der Waals surface area contributed by atoms with Gasteiger partial charge in [0, 0.05) is 23.4 Å². The van der Waals surface area contributed by atoms with Crippen molar-refractivity contribution in [3.8, 4) is 11.3 Å². The predicted octanol–water partition coefficient (Wildman–Crippen LogP) is 2.54. The van der Waals surface area contributed by atoms with Gasteiger partial charge in [-0.15, -0.1) is 0 Å². The molecule has 1 aromatic carbocycles. The van der Waals surface area contributed by atoms with Crippen molar-refractivity contribution in [1.29, 1.82) is 0 Å². The van der Waals surface area contributed by atoms with Crippen molar-refractivity contribution in [2.24, 2.45) is 0 Å². The minimum atomic E-state index is -0.956. The molecule has 0 aliphatic rings. The predicted molar refractivity (Wildman–Crippen MR) is 77.2 cm³/mol. The quantitative estimate of drug-likeness (QED) is 0.391. The van der Waals surface area contributed by atoms with Crippen LogP contribution < -0.4 is 0 Å². The number of benzene rings is 1. The molecule has 2 rings (SSSR count). The number of carbonyl (C=O) groups is 1. The highest BCUT2D eigenvalue weighted by molar-refractivity contribution is 7.99. The fraction of sp³-hybridized carbons (Fsp3) is 0.154. The largest absolute Gasteiger partial charge is 0.481 e. The number of thioether (sulfide) groups is 1. The lowest BCUT2D eigenvalue weighted by atomic mass is 10.1. The molecule has 1 heterocycles. The molecule has 8 heteroatoms. The van der Waals surface area contributed by atoms with Crippen molar-refractivity contribution in [2.45, 2.75) is 12.1 Å². The average molecular weight is 305 g/mol. The molecule has 21 heavy (non-hydrogen) atoms. The maximum atomic E-state index is 10.8. The second-order valence-electron chi connectivity index (χ2n) is 4.17.